The van der Waals surface area contributed by atoms with Crippen molar-refractivity contribution in [3.63, 3.8) is 0 Å². The maximum absolute atomic E-state index is 13.2. The highest BCUT2D eigenvalue weighted by Crippen LogP contribution is 2.42. The number of nitrogens with zero attached hydrogens (tertiary/aromatic N) is 2. The van der Waals surface area contributed by atoms with Gasteiger partial charge in [0.25, 0.3) is 5.78 Å². The van der Waals surface area contributed by atoms with Gasteiger partial charge >= 0.3 is 5.91 Å². The number of pyridine rings is 1. The third-order valence-corrected chi connectivity index (χ3v) is 5.78. The molecular formula is C27H26N2O4. The predicted octanol–water partition coefficient (Wildman–Crippen LogP) is 5.01. The Morgan fingerprint density at radius 3 is 2.33 bits per heavy atom. The second-order valence-electron chi connectivity index (χ2n) is 8.96. The number of aromatic nitrogens is 1. The third kappa shape index (κ3) is 4.12. The molecular weight excluding hydrogens is 416 g/mol. The molecule has 6 nitrogen and oxygen atoms in total. The van der Waals surface area contributed by atoms with Crippen molar-refractivity contribution in [2.45, 2.75) is 32.2 Å². The van der Waals surface area contributed by atoms with Gasteiger partial charge in [0.2, 0.25) is 0 Å². The average molecular weight is 443 g/mol. The molecule has 0 aliphatic carbocycles. The number of amides is 1. The summed E-state index contributed by atoms with van der Waals surface area (Å²) in [6.07, 6.45) is 1.57. The molecule has 0 bridgehead atoms. The van der Waals surface area contributed by atoms with Crippen LogP contribution >= 0.6 is 0 Å². The minimum atomic E-state index is -0.819. The largest absolute Gasteiger partial charge is 0.507 e. The molecule has 0 saturated carbocycles. The summed E-state index contributed by atoms with van der Waals surface area (Å²) in [7, 11) is 1.52. The maximum Gasteiger partial charge on any atom is 0.301 e. The lowest BCUT2D eigenvalue weighted by Crippen LogP contribution is -2.30. The molecule has 6 heteroatoms. The maximum atomic E-state index is 13.2. The molecule has 1 aromatic heterocycles. The van der Waals surface area contributed by atoms with Crippen LogP contribution in [0.1, 0.15) is 43.5 Å². The quantitative estimate of drug-likeness (QED) is 0.349. The molecule has 1 atom stereocenters. The number of aliphatic hydroxyl groups excluding tert-OH is 1. The van der Waals surface area contributed by atoms with Crippen LogP contribution in [0, 0.1) is 0 Å². The van der Waals surface area contributed by atoms with Gasteiger partial charge in [0.05, 0.1) is 18.7 Å². The Balaban J connectivity index is 1.92. The third-order valence-electron chi connectivity index (χ3n) is 5.78. The Bertz CT molecular complexity index is 1220. The summed E-state index contributed by atoms with van der Waals surface area (Å²) in [5, 5.41) is 11.2. The number of rotatable bonds is 4. The highest BCUT2D eigenvalue weighted by Gasteiger charge is 2.47. The summed E-state index contributed by atoms with van der Waals surface area (Å²) in [5.41, 5.74) is 2.18. The smallest absolute Gasteiger partial charge is 0.301 e. The Labute approximate surface area is 193 Å². The van der Waals surface area contributed by atoms with E-state index in [9.17, 15) is 14.7 Å². The summed E-state index contributed by atoms with van der Waals surface area (Å²) in [5.74, 6) is -0.872. The average Bonchev–Trinajstić information content (AvgIpc) is 3.09. The van der Waals surface area contributed by atoms with E-state index in [1.807, 2.05) is 24.3 Å². The van der Waals surface area contributed by atoms with E-state index in [0.717, 1.165) is 5.56 Å². The first-order valence-corrected chi connectivity index (χ1v) is 10.7. The molecule has 168 valence electrons. The molecule has 1 N–H and O–H groups in total. The Hall–Kier alpha value is -3.93. The second-order valence-corrected chi connectivity index (χ2v) is 8.96. The fraction of sp³-hybridized carbons (Fsp3) is 0.222. The number of benzene rings is 2. The van der Waals surface area contributed by atoms with E-state index in [0.29, 0.717) is 22.7 Å². The van der Waals surface area contributed by atoms with Crippen molar-refractivity contribution in [1.82, 2.24) is 4.98 Å². The number of Topliss-reactive ketones (excluding diaryl/α,β-unsaturated/α-hetero) is 1. The lowest BCUT2D eigenvalue weighted by atomic mass is 9.85. The summed E-state index contributed by atoms with van der Waals surface area (Å²) in [4.78, 5) is 32.0. The van der Waals surface area contributed by atoms with E-state index in [4.69, 9.17) is 4.74 Å². The molecule has 2 aromatic carbocycles. The monoisotopic (exact) mass is 442 g/mol. The summed E-state index contributed by atoms with van der Waals surface area (Å²) in [6.45, 7) is 6.35. The molecule has 0 radical (unpaired) electrons. The summed E-state index contributed by atoms with van der Waals surface area (Å²) >= 11 is 0. The molecule has 1 fully saturated rings. The van der Waals surface area contributed by atoms with Crippen LogP contribution in [0.15, 0.2) is 78.5 Å². The van der Waals surface area contributed by atoms with Gasteiger partial charge in [-0.1, -0.05) is 63.2 Å². The first-order valence-electron chi connectivity index (χ1n) is 10.7. The molecule has 1 aliphatic heterocycles. The Morgan fingerprint density at radius 2 is 1.73 bits per heavy atom. The Kier molecular flexibility index (Phi) is 5.77. The van der Waals surface area contributed by atoms with Gasteiger partial charge in [0.15, 0.2) is 0 Å². The van der Waals surface area contributed by atoms with Crippen molar-refractivity contribution in [3.8, 4) is 5.75 Å². The number of carbonyl (C=O) groups excluding carboxylic acids is 2. The van der Waals surface area contributed by atoms with E-state index < -0.39 is 17.7 Å². The number of hydrogen-bond acceptors (Lipinski definition) is 5. The second kappa shape index (κ2) is 8.54. The number of ether oxygens (including phenoxy) is 1. The van der Waals surface area contributed by atoms with Gasteiger partial charge in [-0.3, -0.25) is 14.5 Å². The molecule has 0 unspecified atom stereocenters. The standard InChI is InChI=1S/C27H26N2O4/c1-27(2,3)19-13-11-17(12-14-19)23-22(24(30)18-8-7-9-20(16-18)33-4)25(31)26(32)29(23)21-10-5-6-15-28-21/h5-16,23,30H,1-4H3/b24-22+/t23-/m0/s1. The van der Waals surface area contributed by atoms with E-state index in [1.165, 1.54) is 12.0 Å². The van der Waals surface area contributed by atoms with Crippen molar-refractivity contribution in [3.05, 3.63) is 95.2 Å². The van der Waals surface area contributed by atoms with Gasteiger partial charge in [0, 0.05) is 11.8 Å². The van der Waals surface area contributed by atoms with Gasteiger partial charge in [-0.15, -0.1) is 0 Å². The van der Waals surface area contributed by atoms with Crippen molar-refractivity contribution >= 4 is 23.3 Å². The number of hydrogen-bond donors (Lipinski definition) is 1. The fourth-order valence-corrected chi connectivity index (χ4v) is 3.97. The normalized spacial score (nSPS) is 17.9. The van der Waals surface area contributed by atoms with Gasteiger partial charge in [-0.25, -0.2) is 4.98 Å². The van der Waals surface area contributed by atoms with Crippen LogP contribution in [0.2, 0.25) is 0 Å². The number of anilines is 1. The molecule has 2 heterocycles. The lowest BCUT2D eigenvalue weighted by molar-refractivity contribution is -0.132. The molecule has 4 rings (SSSR count). The van der Waals surface area contributed by atoms with E-state index in [2.05, 4.69) is 25.8 Å². The van der Waals surface area contributed by atoms with Crippen LogP contribution in [-0.4, -0.2) is 28.9 Å². The molecule has 1 aliphatic rings. The highest BCUT2D eigenvalue weighted by molar-refractivity contribution is 6.51. The summed E-state index contributed by atoms with van der Waals surface area (Å²) in [6, 6.07) is 18.9. The predicted molar refractivity (Wildman–Crippen MR) is 127 cm³/mol. The molecule has 1 saturated heterocycles. The van der Waals surface area contributed by atoms with Gasteiger partial charge in [0.1, 0.15) is 17.3 Å². The van der Waals surface area contributed by atoms with Crippen molar-refractivity contribution < 1.29 is 19.4 Å². The molecule has 3 aromatic rings. The van der Waals surface area contributed by atoms with Crippen molar-refractivity contribution in [1.29, 1.82) is 0 Å². The van der Waals surface area contributed by atoms with Crippen LogP contribution in [0.5, 0.6) is 5.75 Å². The fourth-order valence-electron chi connectivity index (χ4n) is 3.97. The molecule has 1 amide bonds. The van der Waals surface area contributed by atoms with Gasteiger partial charge < -0.3 is 9.84 Å². The van der Waals surface area contributed by atoms with Crippen LogP contribution in [0.3, 0.4) is 0 Å². The molecule has 0 spiro atoms. The minimum Gasteiger partial charge on any atom is -0.507 e. The van der Waals surface area contributed by atoms with Gasteiger partial charge in [-0.2, -0.15) is 0 Å². The number of ketones is 1. The van der Waals surface area contributed by atoms with E-state index >= 15 is 0 Å². The number of aliphatic hydroxyl groups is 1. The van der Waals surface area contributed by atoms with E-state index in [-0.39, 0.29) is 16.7 Å². The zero-order valence-corrected chi connectivity index (χ0v) is 19.1. The topological polar surface area (TPSA) is 79.7 Å². The van der Waals surface area contributed by atoms with Crippen LogP contribution in [0.4, 0.5) is 5.82 Å². The number of carbonyl (C=O) groups is 2. The SMILES string of the molecule is COc1cccc(/C(O)=C2\C(=O)C(=O)N(c3ccccn3)[C@H]2c2ccc(C(C)(C)C)cc2)c1. The zero-order chi connectivity index (χ0) is 23.8. The van der Waals surface area contributed by atoms with Crippen molar-refractivity contribution in [2.24, 2.45) is 0 Å². The minimum absolute atomic E-state index is 0.0161. The first kappa shape index (κ1) is 22.3. The van der Waals surface area contributed by atoms with Crippen LogP contribution < -0.4 is 9.64 Å². The Morgan fingerprint density at radius 1 is 1.00 bits per heavy atom. The zero-order valence-electron chi connectivity index (χ0n) is 19.1. The highest BCUT2D eigenvalue weighted by atomic mass is 16.5. The van der Waals surface area contributed by atoms with Crippen molar-refractivity contribution in [2.75, 3.05) is 12.0 Å². The lowest BCUT2D eigenvalue weighted by Gasteiger charge is -2.25. The first-order chi connectivity index (χ1) is 15.7. The number of methoxy groups -OCH3 is 1. The van der Waals surface area contributed by atoms with Crippen LogP contribution in [0.25, 0.3) is 5.76 Å². The van der Waals surface area contributed by atoms with Crippen LogP contribution in [-0.2, 0) is 15.0 Å². The summed E-state index contributed by atoms with van der Waals surface area (Å²) < 4.78 is 5.26. The molecule has 33 heavy (non-hydrogen) atoms. The van der Waals surface area contributed by atoms with Gasteiger partial charge in [-0.05, 0) is 40.8 Å². The van der Waals surface area contributed by atoms with E-state index in [1.54, 1.807) is 48.7 Å².